The molecule has 1 N–H and O–H groups in total. The first-order valence-corrected chi connectivity index (χ1v) is 11.8. The fourth-order valence-corrected chi connectivity index (χ4v) is 4.75. The molecule has 7 heteroatoms. The van der Waals surface area contributed by atoms with Gasteiger partial charge in [0.15, 0.2) is 0 Å². The van der Waals surface area contributed by atoms with E-state index in [-0.39, 0.29) is 17.3 Å². The van der Waals surface area contributed by atoms with Crippen molar-refractivity contribution in [3.05, 3.63) is 95.8 Å². The maximum atomic E-state index is 13.4. The highest BCUT2D eigenvalue weighted by Crippen LogP contribution is 2.26. The summed E-state index contributed by atoms with van der Waals surface area (Å²) in [5.74, 6) is -0.533. The van der Waals surface area contributed by atoms with Crippen molar-refractivity contribution in [1.82, 2.24) is 5.32 Å². The molecule has 0 spiro atoms. The van der Waals surface area contributed by atoms with Crippen LogP contribution in [0.3, 0.4) is 0 Å². The zero-order chi connectivity index (χ0) is 23.3. The molecule has 1 amide bonds. The minimum absolute atomic E-state index is 0.104. The molecule has 0 aliphatic carbocycles. The van der Waals surface area contributed by atoms with Crippen molar-refractivity contribution in [1.29, 1.82) is 0 Å². The van der Waals surface area contributed by atoms with E-state index in [9.17, 15) is 17.6 Å². The predicted molar refractivity (Wildman–Crippen MR) is 124 cm³/mol. The number of rotatable bonds is 8. The Morgan fingerprint density at radius 1 is 0.875 bits per heavy atom. The second-order valence-corrected chi connectivity index (χ2v) is 9.77. The van der Waals surface area contributed by atoms with E-state index in [1.807, 2.05) is 12.1 Å². The number of benzene rings is 3. The number of anilines is 1. The second kappa shape index (κ2) is 9.96. The summed E-state index contributed by atoms with van der Waals surface area (Å²) < 4.78 is 41.1. The molecule has 5 nitrogen and oxygen atoms in total. The molecular formula is C25H27FN2O3S. The highest BCUT2D eigenvalue weighted by atomic mass is 32.2. The van der Waals surface area contributed by atoms with Crippen LogP contribution in [0.1, 0.15) is 43.9 Å². The summed E-state index contributed by atoms with van der Waals surface area (Å²) in [6, 6.07) is 20.6. The first-order chi connectivity index (χ1) is 15.2. The zero-order valence-electron chi connectivity index (χ0n) is 18.3. The normalized spacial score (nSPS) is 12.4. The maximum Gasteiger partial charge on any atom is 0.264 e. The number of carbonyl (C=O) groups is 1. The van der Waals surface area contributed by atoms with Gasteiger partial charge in [0, 0.05) is 0 Å². The summed E-state index contributed by atoms with van der Waals surface area (Å²) in [4.78, 5) is 12.9. The Balaban J connectivity index is 1.88. The summed E-state index contributed by atoms with van der Waals surface area (Å²) >= 11 is 0. The first-order valence-electron chi connectivity index (χ1n) is 10.4. The predicted octanol–water partition coefficient (Wildman–Crippen LogP) is 5.02. The Hall–Kier alpha value is -3.19. The van der Waals surface area contributed by atoms with Crippen LogP contribution in [-0.4, -0.2) is 20.9 Å². The fraction of sp³-hybridized carbons (Fsp3) is 0.240. The van der Waals surface area contributed by atoms with E-state index in [0.717, 1.165) is 15.4 Å². The molecule has 0 radical (unpaired) electrons. The summed E-state index contributed by atoms with van der Waals surface area (Å²) in [6.07, 6.45) is 0. The Bertz CT molecular complexity index is 1150. The molecule has 0 bridgehead atoms. The lowest BCUT2D eigenvalue weighted by atomic mass is 10.0. The lowest BCUT2D eigenvalue weighted by molar-refractivity contribution is -0.120. The van der Waals surface area contributed by atoms with Gasteiger partial charge < -0.3 is 5.32 Å². The van der Waals surface area contributed by atoms with Gasteiger partial charge in [-0.2, -0.15) is 0 Å². The molecule has 0 saturated carbocycles. The number of amides is 1. The number of carbonyl (C=O) groups excluding carboxylic acids is 1. The van der Waals surface area contributed by atoms with Gasteiger partial charge in [-0.25, -0.2) is 12.8 Å². The molecule has 3 aromatic carbocycles. The second-order valence-electron chi connectivity index (χ2n) is 7.91. The molecule has 0 unspecified atom stereocenters. The van der Waals surface area contributed by atoms with Crippen LogP contribution in [0.5, 0.6) is 0 Å². The largest absolute Gasteiger partial charge is 0.348 e. The molecule has 0 aliphatic heterocycles. The van der Waals surface area contributed by atoms with Gasteiger partial charge in [-0.3, -0.25) is 9.10 Å². The van der Waals surface area contributed by atoms with Gasteiger partial charge in [0.05, 0.1) is 16.6 Å². The van der Waals surface area contributed by atoms with Crippen molar-refractivity contribution in [3.8, 4) is 0 Å². The summed E-state index contributed by atoms with van der Waals surface area (Å²) in [7, 11) is -3.97. The molecule has 0 aliphatic rings. The SMILES string of the molecule is CC(C)c1ccc(N(CC(=O)N[C@H](C)c2ccc(F)cc2)S(=O)(=O)c2ccccc2)cc1. The highest BCUT2D eigenvalue weighted by Gasteiger charge is 2.27. The molecular weight excluding hydrogens is 427 g/mol. The van der Waals surface area contributed by atoms with Gasteiger partial charge in [-0.05, 0) is 60.4 Å². The number of halogens is 1. The third kappa shape index (κ3) is 5.53. The summed E-state index contributed by atoms with van der Waals surface area (Å²) in [6.45, 7) is 5.48. The van der Waals surface area contributed by atoms with E-state index in [2.05, 4.69) is 19.2 Å². The van der Waals surface area contributed by atoms with Crippen LogP contribution >= 0.6 is 0 Å². The first kappa shape index (κ1) is 23.5. The topological polar surface area (TPSA) is 66.5 Å². The number of sulfonamides is 1. The van der Waals surface area contributed by atoms with Crippen molar-refractivity contribution in [2.24, 2.45) is 0 Å². The molecule has 3 rings (SSSR count). The van der Waals surface area contributed by atoms with Gasteiger partial charge in [0.1, 0.15) is 12.4 Å². The molecule has 0 aromatic heterocycles. The Morgan fingerprint density at radius 2 is 1.44 bits per heavy atom. The van der Waals surface area contributed by atoms with Gasteiger partial charge in [0.25, 0.3) is 10.0 Å². The summed E-state index contributed by atoms with van der Waals surface area (Å²) in [5.41, 5.74) is 2.20. The van der Waals surface area contributed by atoms with Gasteiger partial charge in [0.2, 0.25) is 5.91 Å². The van der Waals surface area contributed by atoms with Crippen LogP contribution in [-0.2, 0) is 14.8 Å². The highest BCUT2D eigenvalue weighted by molar-refractivity contribution is 7.92. The van der Waals surface area contributed by atoms with Crippen molar-refractivity contribution in [2.75, 3.05) is 10.8 Å². The zero-order valence-corrected chi connectivity index (χ0v) is 19.1. The minimum atomic E-state index is -3.97. The molecule has 168 valence electrons. The van der Waals surface area contributed by atoms with Crippen LogP contribution in [0.4, 0.5) is 10.1 Å². The quantitative estimate of drug-likeness (QED) is 0.520. The lowest BCUT2D eigenvalue weighted by Gasteiger charge is -2.25. The van der Waals surface area contributed by atoms with Crippen molar-refractivity contribution in [3.63, 3.8) is 0 Å². The third-order valence-corrected chi connectivity index (χ3v) is 7.00. The van der Waals surface area contributed by atoms with E-state index in [4.69, 9.17) is 0 Å². The van der Waals surface area contributed by atoms with E-state index in [1.165, 1.54) is 24.3 Å². The molecule has 0 heterocycles. The number of hydrogen-bond acceptors (Lipinski definition) is 3. The number of nitrogens with one attached hydrogen (secondary N) is 1. The average molecular weight is 455 g/mol. The monoisotopic (exact) mass is 454 g/mol. The van der Waals surface area contributed by atoms with Gasteiger partial charge in [-0.1, -0.05) is 56.3 Å². The van der Waals surface area contributed by atoms with Crippen LogP contribution < -0.4 is 9.62 Å². The summed E-state index contributed by atoms with van der Waals surface area (Å²) in [5, 5.41) is 2.80. The fourth-order valence-electron chi connectivity index (χ4n) is 3.31. The van der Waals surface area contributed by atoms with Crippen LogP contribution in [0, 0.1) is 5.82 Å². The molecule has 1 atom stereocenters. The standard InChI is InChI=1S/C25H27FN2O3S/c1-18(2)20-11-15-23(16-12-20)28(32(30,31)24-7-5-4-6-8-24)17-25(29)27-19(3)21-9-13-22(26)14-10-21/h4-16,18-19H,17H2,1-3H3,(H,27,29)/t19-/m1/s1. The van der Waals surface area contributed by atoms with E-state index in [1.54, 1.807) is 49.4 Å². The van der Waals surface area contributed by atoms with Crippen molar-refractivity contribution >= 4 is 21.6 Å². The van der Waals surface area contributed by atoms with Gasteiger partial charge in [-0.15, -0.1) is 0 Å². The van der Waals surface area contributed by atoms with Crippen LogP contribution in [0.2, 0.25) is 0 Å². The van der Waals surface area contributed by atoms with Crippen molar-refractivity contribution < 1.29 is 17.6 Å². The lowest BCUT2D eigenvalue weighted by Crippen LogP contribution is -2.41. The molecule has 32 heavy (non-hydrogen) atoms. The Morgan fingerprint density at radius 3 is 2.00 bits per heavy atom. The van der Waals surface area contributed by atoms with Crippen LogP contribution in [0.25, 0.3) is 0 Å². The van der Waals surface area contributed by atoms with E-state index < -0.39 is 22.0 Å². The van der Waals surface area contributed by atoms with Crippen molar-refractivity contribution in [2.45, 2.75) is 37.6 Å². The minimum Gasteiger partial charge on any atom is -0.348 e. The van der Waals surface area contributed by atoms with Gasteiger partial charge >= 0.3 is 0 Å². The Labute approximate surface area is 188 Å². The molecule has 3 aromatic rings. The Kier molecular flexibility index (Phi) is 7.30. The maximum absolute atomic E-state index is 13.4. The number of nitrogens with zero attached hydrogens (tertiary/aromatic N) is 1. The third-order valence-electron chi connectivity index (χ3n) is 5.21. The number of hydrogen-bond donors (Lipinski definition) is 1. The average Bonchev–Trinajstić information content (AvgIpc) is 2.78. The molecule has 0 fully saturated rings. The smallest absolute Gasteiger partial charge is 0.264 e. The molecule has 0 saturated heterocycles. The van der Waals surface area contributed by atoms with E-state index >= 15 is 0 Å². The van der Waals surface area contributed by atoms with Crippen LogP contribution in [0.15, 0.2) is 83.8 Å². The van der Waals surface area contributed by atoms with E-state index in [0.29, 0.717) is 11.6 Å².